The molecule has 2 aliphatic heterocycles. The molecule has 0 spiro atoms. The SMILES string of the molecule is C=C1C[C@@H](C)O[C@H](c2ccc(OC[C@H](O)CN3CCCCC3)cc2)C1. The predicted octanol–water partition coefficient (Wildman–Crippen LogP) is 3.71. The van der Waals surface area contributed by atoms with Crippen LogP contribution in [-0.4, -0.2) is 48.5 Å². The van der Waals surface area contributed by atoms with Crippen LogP contribution in [0.4, 0.5) is 0 Å². The topological polar surface area (TPSA) is 41.9 Å². The van der Waals surface area contributed by atoms with Crippen molar-refractivity contribution in [3.8, 4) is 5.75 Å². The molecular formula is C21H31NO3. The number of rotatable bonds is 6. The van der Waals surface area contributed by atoms with E-state index in [2.05, 4.69) is 30.5 Å². The normalized spacial score (nSPS) is 26.4. The second-order valence-corrected chi connectivity index (χ2v) is 7.49. The van der Waals surface area contributed by atoms with Gasteiger partial charge in [0.05, 0.1) is 12.2 Å². The minimum atomic E-state index is -0.441. The molecule has 3 atom stereocenters. The second-order valence-electron chi connectivity index (χ2n) is 7.49. The highest BCUT2D eigenvalue weighted by atomic mass is 16.5. The molecule has 0 bridgehead atoms. The third-order valence-electron chi connectivity index (χ3n) is 5.06. The molecule has 2 aliphatic rings. The van der Waals surface area contributed by atoms with Gasteiger partial charge in [-0.2, -0.15) is 0 Å². The van der Waals surface area contributed by atoms with Gasteiger partial charge in [0.1, 0.15) is 18.5 Å². The van der Waals surface area contributed by atoms with Crippen molar-refractivity contribution in [3.63, 3.8) is 0 Å². The first-order chi connectivity index (χ1) is 12.1. The van der Waals surface area contributed by atoms with Crippen LogP contribution in [0.15, 0.2) is 36.4 Å². The van der Waals surface area contributed by atoms with Crippen molar-refractivity contribution < 1.29 is 14.6 Å². The van der Waals surface area contributed by atoms with Crippen LogP contribution >= 0.6 is 0 Å². The first kappa shape index (κ1) is 18.4. The maximum Gasteiger partial charge on any atom is 0.119 e. The van der Waals surface area contributed by atoms with Gasteiger partial charge in [0.2, 0.25) is 0 Å². The van der Waals surface area contributed by atoms with Crippen molar-refractivity contribution >= 4 is 0 Å². The quantitative estimate of drug-likeness (QED) is 0.798. The van der Waals surface area contributed by atoms with E-state index in [4.69, 9.17) is 9.47 Å². The number of benzene rings is 1. The monoisotopic (exact) mass is 345 g/mol. The summed E-state index contributed by atoms with van der Waals surface area (Å²) in [5.74, 6) is 0.795. The molecule has 4 heteroatoms. The van der Waals surface area contributed by atoms with Gasteiger partial charge in [-0.05, 0) is 63.4 Å². The van der Waals surface area contributed by atoms with Gasteiger partial charge in [-0.3, -0.25) is 0 Å². The van der Waals surface area contributed by atoms with E-state index in [-0.39, 0.29) is 12.2 Å². The van der Waals surface area contributed by atoms with Crippen molar-refractivity contribution in [1.29, 1.82) is 0 Å². The third-order valence-corrected chi connectivity index (χ3v) is 5.06. The highest BCUT2D eigenvalue weighted by Crippen LogP contribution is 2.34. The summed E-state index contributed by atoms with van der Waals surface area (Å²) in [7, 11) is 0. The highest BCUT2D eigenvalue weighted by molar-refractivity contribution is 5.29. The average Bonchev–Trinajstić information content (AvgIpc) is 2.60. The summed E-state index contributed by atoms with van der Waals surface area (Å²) < 4.78 is 11.8. The number of aliphatic hydroxyl groups is 1. The first-order valence-corrected chi connectivity index (χ1v) is 9.55. The van der Waals surface area contributed by atoms with Crippen LogP contribution < -0.4 is 4.74 Å². The van der Waals surface area contributed by atoms with E-state index >= 15 is 0 Å². The van der Waals surface area contributed by atoms with E-state index in [1.54, 1.807) is 0 Å². The zero-order valence-electron chi connectivity index (χ0n) is 15.3. The number of ether oxygens (including phenoxy) is 2. The summed E-state index contributed by atoms with van der Waals surface area (Å²) in [4.78, 5) is 2.33. The van der Waals surface area contributed by atoms with Gasteiger partial charge in [0.15, 0.2) is 0 Å². The second kappa shape index (κ2) is 8.84. The minimum absolute atomic E-state index is 0.0926. The van der Waals surface area contributed by atoms with Crippen LogP contribution in [0.2, 0.25) is 0 Å². The molecule has 1 aromatic rings. The van der Waals surface area contributed by atoms with Crippen molar-refractivity contribution in [2.45, 2.75) is 57.3 Å². The molecule has 3 rings (SSSR count). The Bertz CT molecular complexity index is 551. The third kappa shape index (κ3) is 5.56. The van der Waals surface area contributed by atoms with E-state index in [9.17, 15) is 5.11 Å². The van der Waals surface area contributed by atoms with Crippen molar-refractivity contribution in [2.24, 2.45) is 0 Å². The van der Waals surface area contributed by atoms with Crippen molar-refractivity contribution in [3.05, 3.63) is 42.0 Å². The maximum atomic E-state index is 10.2. The molecule has 0 aromatic heterocycles. The van der Waals surface area contributed by atoms with E-state index in [0.717, 1.165) is 37.2 Å². The van der Waals surface area contributed by atoms with Crippen LogP contribution in [0.5, 0.6) is 5.75 Å². The summed E-state index contributed by atoms with van der Waals surface area (Å²) in [6.45, 7) is 9.44. The predicted molar refractivity (Wildman–Crippen MR) is 99.9 cm³/mol. The zero-order chi connectivity index (χ0) is 17.6. The molecule has 2 fully saturated rings. The Labute approximate surface area is 151 Å². The van der Waals surface area contributed by atoms with E-state index in [1.165, 1.54) is 24.8 Å². The highest BCUT2D eigenvalue weighted by Gasteiger charge is 2.23. The van der Waals surface area contributed by atoms with Gasteiger partial charge >= 0.3 is 0 Å². The lowest BCUT2D eigenvalue weighted by atomic mass is 9.95. The first-order valence-electron chi connectivity index (χ1n) is 9.55. The number of hydrogen-bond donors (Lipinski definition) is 1. The molecule has 2 heterocycles. The fourth-order valence-corrected chi connectivity index (χ4v) is 3.79. The van der Waals surface area contributed by atoms with Gasteiger partial charge in [0, 0.05) is 6.54 Å². The summed E-state index contributed by atoms with van der Waals surface area (Å²) in [6, 6.07) is 8.05. The van der Waals surface area contributed by atoms with E-state index in [1.807, 2.05) is 12.1 Å². The number of piperidine rings is 1. The lowest BCUT2D eigenvalue weighted by Crippen LogP contribution is -2.38. The van der Waals surface area contributed by atoms with Gasteiger partial charge in [-0.25, -0.2) is 0 Å². The Morgan fingerprint density at radius 1 is 1.20 bits per heavy atom. The standard InChI is InChI=1S/C21H31NO3/c1-16-12-17(2)25-21(13-16)18-6-8-20(9-7-18)24-15-19(23)14-22-10-4-3-5-11-22/h6-9,17,19,21,23H,1,3-5,10-15H2,2H3/t17-,19-,21+/m1/s1. The molecule has 0 amide bonds. The van der Waals surface area contributed by atoms with Gasteiger partial charge in [-0.15, -0.1) is 0 Å². The van der Waals surface area contributed by atoms with Gasteiger partial charge in [0.25, 0.3) is 0 Å². The molecule has 0 radical (unpaired) electrons. The van der Waals surface area contributed by atoms with E-state index < -0.39 is 6.10 Å². The number of likely N-dealkylation sites (tertiary alicyclic amines) is 1. The van der Waals surface area contributed by atoms with Gasteiger partial charge in [-0.1, -0.05) is 30.7 Å². The van der Waals surface area contributed by atoms with Crippen LogP contribution in [0.25, 0.3) is 0 Å². The molecule has 4 nitrogen and oxygen atoms in total. The smallest absolute Gasteiger partial charge is 0.119 e. The molecular weight excluding hydrogens is 314 g/mol. The average molecular weight is 345 g/mol. The fourth-order valence-electron chi connectivity index (χ4n) is 3.79. The largest absolute Gasteiger partial charge is 0.491 e. The molecule has 2 saturated heterocycles. The minimum Gasteiger partial charge on any atom is -0.491 e. The van der Waals surface area contributed by atoms with Crippen molar-refractivity contribution in [1.82, 2.24) is 4.90 Å². The van der Waals surface area contributed by atoms with Gasteiger partial charge < -0.3 is 19.5 Å². The number of β-amino-alcohol motifs (C(OH)–C–C–N with tert-alkyl or cyclic N) is 1. The van der Waals surface area contributed by atoms with Crippen LogP contribution in [0.1, 0.15) is 50.7 Å². The Morgan fingerprint density at radius 3 is 2.60 bits per heavy atom. The Kier molecular flexibility index (Phi) is 6.51. The zero-order valence-corrected chi connectivity index (χ0v) is 15.3. The van der Waals surface area contributed by atoms with Crippen LogP contribution in [-0.2, 0) is 4.74 Å². The Hall–Kier alpha value is -1.36. The molecule has 1 N–H and O–H groups in total. The molecule has 25 heavy (non-hydrogen) atoms. The summed E-state index contributed by atoms with van der Waals surface area (Å²) in [6.07, 6.45) is 5.51. The molecule has 0 unspecified atom stereocenters. The molecule has 0 saturated carbocycles. The lowest BCUT2D eigenvalue weighted by Gasteiger charge is -2.30. The molecule has 0 aliphatic carbocycles. The Balaban J connectivity index is 1.46. The number of hydrogen-bond acceptors (Lipinski definition) is 4. The fraction of sp³-hybridized carbons (Fsp3) is 0.619. The molecule has 138 valence electrons. The van der Waals surface area contributed by atoms with E-state index in [0.29, 0.717) is 13.2 Å². The number of nitrogens with zero attached hydrogens (tertiary/aromatic N) is 1. The lowest BCUT2D eigenvalue weighted by molar-refractivity contribution is -0.0224. The van der Waals surface area contributed by atoms with Crippen LogP contribution in [0.3, 0.4) is 0 Å². The Morgan fingerprint density at radius 2 is 1.92 bits per heavy atom. The summed E-state index contributed by atoms with van der Waals surface area (Å²) in [5, 5.41) is 10.2. The summed E-state index contributed by atoms with van der Waals surface area (Å²) >= 11 is 0. The molecule has 1 aromatic carbocycles. The van der Waals surface area contributed by atoms with Crippen LogP contribution in [0, 0.1) is 0 Å². The van der Waals surface area contributed by atoms with Crippen molar-refractivity contribution in [2.75, 3.05) is 26.2 Å². The maximum absolute atomic E-state index is 10.2. The number of aliphatic hydroxyl groups excluding tert-OH is 1. The summed E-state index contributed by atoms with van der Waals surface area (Å²) in [5.41, 5.74) is 2.42.